The molecule has 0 saturated carbocycles. The van der Waals surface area contributed by atoms with Gasteiger partial charge in [0.15, 0.2) is 0 Å². The van der Waals surface area contributed by atoms with Crippen molar-refractivity contribution < 1.29 is 9.90 Å². The molecule has 0 aromatic carbocycles. The summed E-state index contributed by atoms with van der Waals surface area (Å²) >= 11 is 0. The summed E-state index contributed by atoms with van der Waals surface area (Å²) in [5, 5.41) is 12.2. The summed E-state index contributed by atoms with van der Waals surface area (Å²) in [6.07, 6.45) is 2.46. The molecule has 1 fully saturated rings. The average Bonchev–Trinajstić information content (AvgIpc) is 2.40. The lowest BCUT2D eigenvalue weighted by Gasteiger charge is -2.32. The van der Waals surface area contributed by atoms with Crippen molar-refractivity contribution in [3.63, 3.8) is 0 Å². The lowest BCUT2D eigenvalue weighted by Crippen LogP contribution is -2.38. The van der Waals surface area contributed by atoms with Crippen LogP contribution in [0.2, 0.25) is 0 Å². The van der Waals surface area contributed by atoms with Gasteiger partial charge >= 0.3 is 5.97 Å². The maximum absolute atomic E-state index is 10.9. The van der Waals surface area contributed by atoms with Crippen LogP contribution >= 0.6 is 0 Å². The second-order valence-corrected chi connectivity index (χ2v) is 5.12. The molecule has 1 unspecified atom stereocenters. The third kappa shape index (κ3) is 4.01. The number of piperidine rings is 1. The molecule has 1 aromatic rings. The van der Waals surface area contributed by atoms with Gasteiger partial charge in [0.05, 0.1) is 5.69 Å². The fraction of sp³-hybridized carbons (Fsp3) is 0.571. The van der Waals surface area contributed by atoms with E-state index in [0.29, 0.717) is 5.92 Å². The molecule has 5 nitrogen and oxygen atoms in total. The fourth-order valence-corrected chi connectivity index (χ4v) is 2.67. The number of carboxylic acid groups (broad SMARTS) is 1. The zero-order valence-electron chi connectivity index (χ0n) is 11.3. The molecule has 1 atom stereocenters. The van der Waals surface area contributed by atoms with E-state index in [4.69, 9.17) is 5.11 Å². The molecule has 0 spiro atoms. The van der Waals surface area contributed by atoms with Gasteiger partial charge in [-0.15, -0.1) is 0 Å². The number of pyridine rings is 1. The van der Waals surface area contributed by atoms with Crippen LogP contribution in [0.4, 0.5) is 0 Å². The van der Waals surface area contributed by atoms with E-state index in [2.05, 4.69) is 15.2 Å². The molecule has 1 aliphatic heterocycles. The third-order valence-electron chi connectivity index (χ3n) is 3.51. The van der Waals surface area contributed by atoms with Crippen molar-refractivity contribution in [1.29, 1.82) is 0 Å². The number of nitrogens with zero attached hydrogens (tertiary/aromatic N) is 2. The molecule has 1 saturated heterocycles. The van der Waals surface area contributed by atoms with Crippen LogP contribution in [0.5, 0.6) is 0 Å². The Hall–Kier alpha value is -1.46. The first-order valence-electron chi connectivity index (χ1n) is 6.75. The standard InChI is InChI=1S/C14H21N3O2/c1-15-8-11-4-3-7-17(9-11)10-12-5-2-6-13(16-12)14(18)19/h2,5-6,11,15H,3-4,7-10H2,1H3,(H,18,19). The minimum atomic E-state index is -0.964. The molecule has 2 heterocycles. The van der Waals surface area contributed by atoms with Crippen molar-refractivity contribution in [2.24, 2.45) is 5.92 Å². The van der Waals surface area contributed by atoms with Gasteiger partial charge in [0.25, 0.3) is 0 Å². The monoisotopic (exact) mass is 263 g/mol. The van der Waals surface area contributed by atoms with Crippen molar-refractivity contribution in [1.82, 2.24) is 15.2 Å². The van der Waals surface area contributed by atoms with E-state index in [1.165, 1.54) is 18.9 Å². The van der Waals surface area contributed by atoms with Crippen LogP contribution in [0.1, 0.15) is 29.0 Å². The largest absolute Gasteiger partial charge is 0.477 e. The number of hydrogen-bond donors (Lipinski definition) is 2. The Morgan fingerprint density at radius 1 is 1.58 bits per heavy atom. The molecule has 0 radical (unpaired) electrons. The minimum absolute atomic E-state index is 0.126. The molecule has 0 amide bonds. The van der Waals surface area contributed by atoms with Gasteiger partial charge in [-0.3, -0.25) is 4.90 Å². The zero-order chi connectivity index (χ0) is 13.7. The predicted octanol–water partition coefficient (Wildman–Crippen LogP) is 1.21. The summed E-state index contributed by atoms with van der Waals surface area (Å²) < 4.78 is 0. The van der Waals surface area contributed by atoms with Crippen LogP contribution in [-0.4, -0.2) is 47.6 Å². The van der Waals surface area contributed by atoms with E-state index in [1.807, 2.05) is 13.1 Å². The van der Waals surface area contributed by atoms with Crippen LogP contribution in [0.15, 0.2) is 18.2 Å². The van der Waals surface area contributed by atoms with Gasteiger partial charge in [-0.25, -0.2) is 9.78 Å². The van der Waals surface area contributed by atoms with E-state index in [0.717, 1.165) is 31.9 Å². The van der Waals surface area contributed by atoms with Crippen molar-refractivity contribution >= 4 is 5.97 Å². The number of likely N-dealkylation sites (tertiary alicyclic amines) is 1. The van der Waals surface area contributed by atoms with Gasteiger partial charge in [-0.2, -0.15) is 0 Å². The molecule has 2 rings (SSSR count). The molecule has 0 bridgehead atoms. The van der Waals surface area contributed by atoms with Gasteiger partial charge < -0.3 is 10.4 Å². The molecular formula is C14H21N3O2. The Balaban J connectivity index is 1.96. The second kappa shape index (κ2) is 6.63. The quantitative estimate of drug-likeness (QED) is 0.836. The van der Waals surface area contributed by atoms with Crippen LogP contribution in [-0.2, 0) is 6.54 Å². The second-order valence-electron chi connectivity index (χ2n) is 5.12. The Labute approximate surface area is 113 Å². The average molecular weight is 263 g/mol. The highest BCUT2D eigenvalue weighted by molar-refractivity contribution is 5.85. The lowest BCUT2D eigenvalue weighted by atomic mass is 9.98. The first-order chi connectivity index (χ1) is 9.19. The smallest absolute Gasteiger partial charge is 0.354 e. The number of hydrogen-bond acceptors (Lipinski definition) is 4. The topological polar surface area (TPSA) is 65.5 Å². The summed E-state index contributed by atoms with van der Waals surface area (Å²) in [7, 11) is 1.98. The van der Waals surface area contributed by atoms with Gasteiger partial charge in [0, 0.05) is 13.1 Å². The summed E-state index contributed by atoms with van der Waals surface area (Å²) in [6, 6.07) is 5.20. The first-order valence-corrected chi connectivity index (χ1v) is 6.75. The van der Waals surface area contributed by atoms with Gasteiger partial charge in [0.1, 0.15) is 5.69 Å². The summed E-state index contributed by atoms with van der Waals surface area (Å²) in [4.78, 5) is 17.4. The van der Waals surface area contributed by atoms with Crippen LogP contribution < -0.4 is 5.32 Å². The van der Waals surface area contributed by atoms with E-state index in [1.54, 1.807) is 6.07 Å². The fourth-order valence-electron chi connectivity index (χ4n) is 2.67. The summed E-state index contributed by atoms with van der Waals surface area (Å²) in [5.74, 6) is -0.282. The summed E-state index contributed by atoms with van der Waals surface area (Å²) in [6.45, 7) is 3.90. The van der Waals surface area contributed by atoms with Gasteiger partial charge in [-0.1, -0.05) is 6.07 Å². The van der Waals surface area contributed by atoms with Crippen molar-refractivity contribution in [3.05, 3.63) is 29.6 Å². The SMILES string of the molecule is CNCC1CCCN(Cc2cccc(C(=O)O)n2)C1. The number of carboxylic acids is 1. The Morgan fingerprint density at radius 2 is 2.42 bits per heavy atom. The maximum Gasteiger partial charge on any atom is 0.354 e. The first kappa shape index (κ1) is 14.0. The Kier molecular flexibility index (Phi) is 4.87. The van der Waals surface area contributed by atoms with Crippen LogP contribution in [0.3, 0.4) is 0 Å². The van der Waals surface area contributed by atoms with Crippen molar-refractivity contribution in [2.45, 2.75) is 19.4 Å². The molecule has 0 aliphatic carbocycles. The summed E-state index contributed by atoms with van der Waals surface area (Å²) in [5.41, 5.74) is 0.964. The number of rotatable bonds is 5. The van der Waals surface area contributed by atoms with Crippen LogP contribution in [0, 0.1) is 5.92 Å². The minimum Gasteiger partial charge on any atom is -0.477 e. The number of nitrogens with one attached hydrogen (secondary N) is 1. The Bertz CT molecular complexity index is 434. The number of aromatic carboxylic acids is 1. The zero-order valence-corrected chi connectivity index (χ0v) is 11.3. The molecule has 104 valence electrons. The molecule has 5 heteroatoms. The molecule has 1 aliphatic rings. The molecule has 19 heavy (non-hydrogen) atoms. The molecule has 1 aromatic heterocycles. The molecular weight excluding hydrogens is 242 g/mol. The highest BCUT2D eigenvalue weighted by Crippen LogP contribution is 2.17. The lowest BCUT2D eigenvalue weighted by molar-refractivity contribution is 0.0689. The van der Waals surface area contributed by atoms with Crippen molar-refractivity contribution in [3.8, 4) is 0 Å². The van der Waals surface area contributed by atoms with Gasteiger partial charge in [0.2, 0.25) is 0 Å². The normalized spacial score (nSPS) is 20.4. The highest BCUT2D eigenvalue weighted by Gasteiger charge is 2.19. The predicted molar refractivity (Wildman–Crippen MR) is 73.1 cm³/mol. The van der Waals surface area contributed by atoms with Crippen LogP contribution in [0.25, 0.3) is 0 Å². The van der Waals surface area contributed by atoms with E-state index in [-0.39, 0.29) is 5.69 Å². The third-order valence-corrected chi connectivity index (χ3v) is 3.51. The maximum atomic E-state index is 10.9. The Morgan fingerprint density at radius 3 is 3.16 bits per heavy atom. The van der Waals surface area contributed by atoms with Crippen molar-refractivity contribution in [2.75, 3.05) is 26.7 Å². The number of aromatic nitrogens is 1. The highest BCUT2D eigenvalue weighted by atomic mass is 16.4. The number of carbonyl (C=O) groups is 1. The van der Waals surface area contributed by atoms with E-state index < -0.39 is 5.97 Å². The van der Waals surface area contributed by atoms with E-state index in [9.17, 15) is 4.79 Å². The molecule has 2 N–H and O–H groups in total. The van der Waals surface area contributed by atoms with E-state index >= 15 is 0 Å². The van der Waals surface area contributed by atoms with Gasteiger partial charge in [-0.05, 0) is 51.0 Å².